The van der Waals surface area contributed by atoms with Gasteiger partial charge in [-0.15, -0.1) is 0 Å². The third-order valence-corrected chi connectivity index (χ3v) is 6.60. The van der Waals surface area contributed by atoms with Crippen molar-refractivity contribution in [2.45, 2.75) is 17.8 Å². The molecule has 4 rings (SSSR count). The minimum Gasteiger partial charge on any atom is -0.497 e. The molecule has 144 valence electrons. The molecule has 0 amide bonds. The maximum Gasteiger partial charge on any atom is 0.265 e. The van der Waals surface area contributed by atoms with Crippen LogP contribution in [0.25, 0.3) is 0 Å². The Kier molecular flexibility index (Phi) is 4.50. The molecule has 6 heteroatoms. The molecule has 0 aromatic heterocycles. The number of rotatable bonds is 4. The Morgan fingerprint density at radius 3 is 2.39 bits per heavy atom. The molecule has 1 unspecified atom stereocenters. The lowest BCUT2D eigenvalue weighted by Crippen LogP contribution is -2.45. The first-order chi connectivity index (χ1) is 13.9. The van der Waals surface area contributed by atoms with Crippen molar-refractivity contribution in [1.82, 2.24) is 5.32 Å². The molecule has 3 aromatic carbocycles. The molecule has 1 atom stereocenters. The van der Waals surface area contributed by atoms with Gasteiger partial charge in [-0.05, 0) is 48.4 Å². The molecular weight excluding hydrogens is 372 g/mol. The van der Waals surface area contributed by atoms with Crippen LogP contribution in [0.5, 0.6) is 5.75 Å². The summed E-state index contributed by atoms with van der Waals surface area (Å²) in [5.41, 5.74) is 2.77. The number of aryl methyl sites for hydroxylation is 1. The monoisotopic (exact) mass is 395 g/mol. The number of hydrogen-bond donors (Lipinski definition) is 1. The van der Waals surface area contributed by atoms with E-state index in [1.54, 1.807) is 61.7 Å². The van der Waals surface area contributed by atoms with Crippen LogP contribution in [-0.4, -0.2) is 22.2 Å². The van der Waals surface area contributed by atoms with E-state index in [2.05, 4.69) is 5.32 Å². The summed E-state index contributed by atoms with van der Waals surface area (Å²) >= 11 is 0. The smallest absolute Gasteiger partial charge is 0.265 e. The van der Waals surface area contributed by atoms with Crippen molar-refractivity contribution in [1.29, 1.82) is 0 Å². The zero-order valence-electron chi connectivity index (χ0n) is 16.7. The summed E-state index contributed by atoms with van der Waals surface area (Å²) < 4.78 is 42.3. The van der Waals surface area contributed by atoms with Gasteiger partial charge in [-0.25, -0.2) is 8.42 Å². The number of fused-ring (bicyclic) bond motifs is 1. The average Bonchev–Trinajstić information content (AvgIpc) is 2.74. The molecule has 0 spiro atoms. The average molecular weight is 396 g/mol. The molecule has 1 aliphatic rings. The third kappa shape index (κ3) is 3.25. The molecule has 1 heterocycles. The summed E-state index contributed by atoms with van der Waals surface area (Å²) in [5.74, 6) is 0.699. The van der Waals surface area contributed by atoms with E-state index in [0.717, 1.165) is 5.56 Å². The Hall–Kier alpha value is -2.83. The van der Waals surface area contributed by atoms with Gasteiger partial charge < -0.3 is 4.74 Å². The van der Waals surface area contributed by atoms with Gasteiger partial charge in [0.2, 0.25) is 0 Å². The summed E-state index contributed by atoms with van der Waals surface area (Å²) in [6.07, 6.45) is 0. The fraction of sp³-hybridized carbons (Fsp3) is 0.182. The minimum absolute atomic E-state index is 0.0112. The first-order valence-electron chi connectivity index (χ1n) is 9.45. The topological polar surface area (TPSA) is 58.6 Å². The molecule has 5 nitrogen and oxygen atoms in total. The molecule has 1 aliphatic heterocycles. The first kappa shape index (κ1) is 17.3. The quantitative estimate of drug-likeness (QED) is 0.729. The number of benzene rings is 3. The standard InChI is InChI=1S/C22H22N2O3S/c1-16-7-13-19(14-8-16)28(25,26)24-15-23-22(20-5-3-4-6-21(20)24)17-9-11-18(27-2)12-10-17/h3-14,22-23H,15H2,1-2H3/i22D. The van der Waals surface area contributed by atoms with Gasteiger partial charge in [-0.1, -0.05) is 48.0 Å². The molecule has 0 bridgehead atoms. The summed E-state index contributed by atoms with van der Waals surface area (Å²) in [6, 6.07) is 19.9. The lowest BCUT2D eigenvalue weighted by Gasteiger charge is -2.36. The van der Waals surface area contributed by atoms with Crippen LogP contribution in [0.15, 0.2) is 77.7 Å². The van der Waals surface area contributed by atoms with Crippen LogP contribution in [0.1, 0.15) is 24.1 Å². The Balaban J connectivity index is 1.80. The molecule has 28 heavy (non-hydrogen) atoms. The largest absolute Gasteiger partial charge is 0.497 e. The van der Waals surface area contributed by atoms with Crippen LogP contribution in [0.2, 0.25) is 0 Å². The van der Waals surface area contributed by atoms with E-state index in [9.17, 15) is 8.42 Å². The molecule has 0 fully saturated rings. The van der Waals surface area contributed by atoms with Crippen LogP contribution in [0, 0.1) is 6.92 Å². The van der Waals surface area contributed by atoms with Crippen molar-refractivity contribution in [3.63, 3.8) is 0 Å². The zero-order valence-corrected chi connectivity index (χ0v) is 16.5. The third-order valence-electron chi connectivity index (χ3n) is 4.83. The van der Waals surface area contributed by atoms with Crippen molar-refractivity contribution in [2.75, 3.05) is 18.1 Å². The fourth-order valence-corrected chi connectivity index (χ4v) is 4.69. The van der Waals surface area contributed by atoms with Crippen LogP contribution in [0.4, 0.5) is 5.69 Å². The van der Waals surface area contributed by atoms with Crippen LogP contribution < -0.4 is 14.4 Å². The normalized spacial score (nSPS) is 19.6. The molecule has 0 saturated carbocycles. The molecule has 3 aromatic rings. The lowest BCUT2D eigenvalue weighted by molar-refractivity contribution is 0.414. The summed E-state index contributed by atoms with van der Waals surface area (Å²) in [4.78, 5) is 0.224. The minimum atomic E-state index is -3.77. The predicted octanol–water partition coefficient (Wildman–Crippen LogP) is 3.85. The van der Waals surface area contributed by atoms with Crippen molar-refractivity contribution >= 4 is 15.7 Å². The van der Waals surface area contributed by atoms with E-state index in [-0.39, 0.29) is 11.6 Å². The number of anilines is 1. The number of para-hydroxylation sites is 1. The van der Waals surface area contributed by atoms with Crippen molar-refractivity contribution in [2.24, 2.45) is 0 Å². The van der Waals surface area contributed by atoms with Gasteiger partial charge in [0, 0.05) is 0 Å². The highest BCUT2D eigenvalue weighted by molar-refractivity contribution is 7.92. The van der Waals surface area contributed by atoms with Crippen LogP contribution in [-0.2, 0) is 10.0 Å². The number of nitrogens with one attached hydrogen (secondary N) is 1. The summed E-state index contributed by atoms with van der Waals surface area (Å²) in [7, 11) is -2.18. The van der Waals surface area contributed by atoms with Gasteiger partial charge in [-0.3, -0.25) is 9.62 Å². The molecule has 0 saturated heterocycles. The van der Waals surface area contributed by atoms with Crippen LogP contribution in [0.3, 0.4) is 0 Å². The highest BCUT2D eigenvalue weighted by Crippen LogP contribution is 2.37. The van der Waals surface area contributed by atoms with E-state index < -0.39 is 16.0 Å². The SMILES string of the molecule is [2H]C1(c2ccc(OC)cc2)NCN(S(=O)(=O)c2ccc(C)cc2)c2ccccc21. The zero-order chi connectivity index (χ0) is 20.6. The maximum atomic E-state index is 13.3. The van der Waals surface area contributed by atoms with Gasteiger partial charge in [-0.2, -0.15) is 0 Å². The van der Waals surface area contributed by atoms with E-state index in [0.29, 0.717) is 22.6 Å². The van der Waals surface area contributed by atoms with Gasteiger partial charge in [0.15, 0.2) is 0 Å². The second kappa shape index (κ2) is 7.30. The lowest BCUT2D eigenvalue weighted by atomic mass is 9.96. The van der Waals surface area contributed by atoms with E-state index in [4.69, 9.17) is 6.11 Å². The maximum absolute atomic E-state index is 13.3. The Bertz CT molecular complexity index is 1130. The van der Waals surface area contributed by atoms with Gasteiger partial charge in [0.05, 0.1) is 31.8 Å². The molecule has 0 aliphatic carbocycles. The van der Waals surface area contributed by atoms with E-state index in [1.165, 1.54) is 4.31 Å². The highest BCUT2D eigenvalue weighted by atomic mass is 32.2. The summed E-state index contributed by atoms with van der Waals surface area (Å²) in [6.45, 7) is 1.90. The van der Waals surface area contributed by atoms with Gasteiger partial charge >= 0.3 is 0 Å². The number of nitrogens with zero attached hydrogens (tertiary/aromatic N) is 1. The molecule has 1 N–H and O–H groups in total. The number of methoxy groups -OCH3 is 1. The highest BCUT2D eigenvalue weighted by Gasteiger charge is 2.33. The van der Waals surface area contributed by atoms with Crippen molar-refractivity contribution in [3.05, 3.63) is 89.5 Å². The van der Waals surface area contributed by atoms with Crippen LogP contribution >= 0.6 is 0 Å². The van der Waals surface area contributed by atoms with E-state index in [1.807, 2.05) is 25.1 Å². The van der Waals surface area contributed by atoms with E-state index >= 15 is 0 Å². The second-order valence-corrected chi connectivity index (χ2v) is 8.48. The molecule has 0 radical (unpaired) electrons. The van der Waals surface area contributed by atoms with Crippen molar-refractivity contribution < 1.29 is 14.5 Å². The van der Waals surface area contributed by atoms with Gasteiger partial charge in [0.1, 0.15) is 5.75 Å². The summed E-state index contributed by atoms with van der Waals surface area (Å²) in [5, 5.41) is 3.12. The predicted molar refractivity (Wildman–Crippen MR) is 110 cm³/mol. The number of hydrogen-bond acceptors (Lipinski definition) is 4. The Morgan fingerprint density at radius 1 is 1.04 bits per heavy atom. The number of ether oxygens (including phenoxy) is 1. The Labute approximate surface area is 167 Å². The fourth-order valence-electron chi connectivity index (χ4n) is 3.30. The van der Waals surface area contributed by atoms with Crippen molar-refractivity contribution in [3.8, 4) is 5.75 Å². The number of sulfonamides is 1. The Morgan fingerprint density at radius 2 is 1.71 bits per heavy atom. The first-order valence-corrected chi connectivity index (χ1v) is 10.4. The molecular formula is C22H22N2O3S. The van der Waals surface area contributed by atoms with Gasteiger partial charge in [0.25, 0.3) is 10.0 Å². The second-order valence-electron chi connectivity index (χ2n) is 6.62.